The fourth-order valence-corrected chi connectivity index (χ4v) is 2.98. The number of rotatable bonds is 2. The Bertz CT molecular complexity index is 750. The predicted octanol–water partition coefficient (Wildman–Crippen LogP) is 3.82. The van der Waals surface area contributed by atoms with Gasteiger partial charge < -0.3 is 0 Å². The summed E-state index contributed by atoms with van der Waals surface area (Å²) in [6, 6.07) is 9.93. The highest BCUT2D eigenvalue weighted by Crippen LogP contribution is 2.42. The molecule has 1 amide bonds. The lowest BCUT2D eigenvalue weighted by atomic mass is 9.93. The van der Waals surface area contributed by atoms with Crippen molar-refractivity contribution in [3.8, 4) is 0 Å². The number of nitrogens with zero attached hydrogens (tertiary/aromatic N) is 1. The van der Waals surface area contributed by atoms with E-state index in [1.165, 1.54) is 6.07 Å². The van der Waals surface area contributed by atoms with E-state index >= 15 is 0 Å². The quantitative estimate of drug-likeness (QED) is 0.912. The first-order valence-corrected chi connectivity index (χ1v) is 7.32. The summed E-state index contributed by atoms with van der Waals surface area (Å²) in [5.74, 6) is -0.396. The van der Waals surface area contributed by atoms with Crippen LogP contribution in [0.1, 0.15) is 25.5 Å². The average molecular weight is 322 g/mol. The maximum Gasteiger partial charge on any atom is 0.409 e. The van der Waals surface area contributed by atoms with E-state index in [4.69, 9.17) is 0 Å². The third kappa shape index (κ3) is 2.79. The number of fused-ring (bicyclic) bond motifs is 1. The molecule has 0 aromatic heterocycles. The van der Waals surface area contributed by atoms with Gasteiger partial charge in [0, 0.05) is 6.54 Å². The second-order valence-corrected chi connectivity index (χ2v) is 6.47. The van der Waals surface area contributed by atoms with Crippen LogP contribution in [0.25, 0.3) is 10.8 Å². The lowest BCUT2D eigenvalue weighted by Gasteiger charge is -2.30. The van der Waals surface area contributed by atoms with Crippen molar-refractivity contribution in [1.82, 2.24) is 10.4 Å². The molecule has 1 aliphatic heterocycles. The molecule has 3 rings (SSSR count). The van der Waals surface area contributed by atoms with E-state index in [1.54, 1.807) is 50.2 Å². The second-order valence-electron chi connectivity index (χ2n) is 6.47. The summed E-state index contributed by atoms with van der Waals surface area (Å²) in [6.45, 7) is 3.27. The van der Waals surface area contributed by atoms with Crippen LogP contribution in [0.3, 0.4) is 0 Å². The summed E-state index contributed by atoms with van der Waals surface area (Å²) < 4.78 is 41.3. The number of alkyl halides is 3. The zero-order valence-electron chi connectivity index (χ0n) is 12.8. The number of carbonyl (C=O) groups excluding carboxylic acids is 1. The summed E-state index contributed by atoms with van der Waals surface area (Å²) in [4.78, 5) is 11.9. The van der Waals surface area contributed by atoms with Gasteiger partial charge in [-0.3, -0.25) is 10.2 Å². The average Bonchev–Trinajstić information content (AvgIpc) is 2.71. The van der Waals surface area contributed by atoms with Crippen LogP contribution in [-0.4, -0.2) is 23.6 Å². The maximum atomic E-state index is 13.8. The van der Waals surface area contributed by atoms with Crippen LogP contribution in [0, 0.1) is 5.41 Å². The van der Waals surface area contributed by atoms with Crippen molar-refractivity contribution in [3.05, 3.63) is 48.0 Å². The summed E-state index contributed by atoms with van der Waals surface area (Å²) in [5.41, 5.74) is 1.68. The lowest BCUT2D eigenvalue weighted by Crippen LogP contribution is -2.43. The predicted molar refractivity (Wildman–Crippen MR) is 81.4 cm³/mol. The maximum absolute atomic E-state index is 13.8. The topological polar surface area (TPSA) is 32.3 Å². The van der Waals surface area contributed by atoms with Crippen LogP contribution in [0.4, 0.5) is 13.2 Å². The van der Waals surface area contributed by atoms with Crippen molar-refractivity contribution in [2.45, 2.75) is 26.1 Å². The number of hydrazine groups is 1. The number of halogens is 3. The molecule has 1 N–H and O–H groups in total. The molecule has 122 valence electrons. The Hall–Kier alpha value is -2.08. The summed E-state index contributed by atoms with van der Waals surface area (Å²) >= 11 is 0. The number of amides is 1. The van der Waals surface area contributed by atoms with Crippen LogP contribution in [-0.2, 0) is 4.79 Å². The van der Waals surface area contributed by atoms with Crippen LogP contribution < -0.4 is 5.43 Å². The standard InChI is InChI=1S/C17H17F3N2O/c1-16(2)10-22(21-15(16)23)14(17(18,19)20)13-9-5-7-11-6-3-4-8-12(11)13/h3-9,14H,10H2,1-2H3,(H,21,23)/t14-/m0/s1. The second kappa shape index (κ2) is 5.23. The third-order valence-corrected chi connectivity index (χ3v) is 4.17. The van der Waals surface area contributed by atoms with Gasteiger partial charge in [-0.2, -0.15) is 13.2 Å². The summed E-state index contributed by atoms with van der Waals surface area (Å²) in [7, 11) is 0. The van der Waals surface area contributed by atoms with Crippen molar-refractivity contribution in [2.75, 3.05) is 6.54 Å². The Labute approximate surface area is 132 Å². The number of carbonyl (C=O) groups is 1. The molecule has 1 aliphatic rings. The molecule has 0 aliphatic carbocycles. The molecule has 0 spiro atoms. The van der Waals surface area contributed by atoms with Gasteiger partial charge in [-0.25, -0.2) is 5.01 Å². The van der Waals surface area contributed by atoms with Crippen LogP contribution in [0.2, 0.25) is 0 Å². The Morgan fingerprint density at radius 2 is 1.78 bits per heavy atom. The highest BCUT2D eigenvalue weighted by Gasteiger charge is 2.51. The van der Waals surface area contributed by atoms with Gasteiger partial charge in [-0.15, -0.1) is 0 Å². The highest BCUT2D eigenvalue weighted by atomic mass is 19.4. The van der Waals surface area contributed by atoms with E-state index in [0.717, 1.165) is 10.4 Å². The number of hydrogen-bond acceptors (Lipinski definition) is 2. The molecule has 1 fully saturated rings. The molecule has 6 heteroatoms. The van der Waals surface area contributed by atoms with Crippen molar-refractivity contribution >= 4 is 16.7 Å². The van der Waals surface area contributed by atoms with Gasteiger partial charge in [0.2, 0.25) is 5.91 Å². The van der Waals surface area contributed by atoms with E-state index in [-0.39, 0.29) is 12.1 Å². The zero-order valence-corrected chi connectivity index (χ0v) is 12.8. The van der Waals surface area contributed by atoms with Gasteiger partial charge in [0.15, 0.2) is 6.04 Å². The fraction of sp³-hybridized carbons (Fsp3) is 0.353. The smallest absolute Gasteiger partial charge is 0.287 e. The summed E-state index contributed by atoms with van der Waals surface area (Å²) in [5, 5.41) is 2.28. The highest BCUT2D eigenvalue weighted by molar-refractivity contribution is 5.87. The monoisotopic (exact) mass is 322 g/mol. The first kappa shape index (κ1) is 15.8. The fourth-order valence-electron chi connectivity index (χ4n) is 2.98. The lowest BCUT2D eigenvalue weighted by molar-refractivity contribution is -0.191. The van der Waals surface area contributed by atoms with Crippen molar-refractivity contribution in [1.29, 1.82) is 0 Å². The van der Waals surface area contributed by atoms with Gasteiger partial charge >= 0.3 is 6.18 Å². The molecule has 0 radical (unpaired) electrons. The molecule has 3 nitrogen and oxygen atoms in total. The normalized spacial score (nSPS) is 19.8. The van der Waals surface area contributed by atoms with E-state index in [0.29, 0.717) is 5.39 Å². The minimum Gasteiger partial charge on any atom is -0.287 e. The molecule has 0 saturated carbocycles. The van der Waals surface area contributed by atoms with E-state index in [1.807, 2.05) is 0 Å². The molecule has 2 aromatic carbocycles. The minimum absolute atomic E-state index is 0.000763. The Morgan fingerprint density at radius 3 is 2.39 bits per heavy atom. The molecular formula is C17H17F3N2O. The SMILES string of the molecule is CC1(C)CN([C@@H](c2cccc3ccccc23)C(F)(F)F)NC1=O. The van der Waals surface area contributed by atoms with E-state index < -0.39 is 23.5 Å². The molecule has 1 heterocycles. The molecule has 1 atom stereocenters. The van der Waals surface area contributed by atoms with Crippen molar-refractivity contribution < 1.29 is 18.0 Å². The Balaban J connectivity index is 2.12. The van der Waals surface area contributed by atoms with Crippen LogP contribution >= 0.6 is 0 Å². The Kier molecular flexibility index (Phi) is 3.59. The first-order chi connectivity index (χ1) is 10.7. The molecule has 0 unspecified atom stereocenters. The minimum atomic E-state index is -4.50. The first-order valence-electron chi connectivity index (χ1n) is 7.32. The Morgan fingerprint density at radius 1 is 1.13 bits per heavy atom. The molecule has 23 heavy (non-hydrogen) atoms. The third-order valence-electron chi connectivity index (χ3n) is 4.17. The van der Waals surface area contributed by atoms with Crippen molar-refractivity contribution in [2.24, 2.45) is 5.41 Å². The van der Waals surface area contributed by atoms with Gasteiger partial charge in [-0.1, -0.05) is 42.5 Å². The zero-order chi connectivity index (χ0) is 16.8. The number of hydrogen-bond donors (Lipinski definition) is 1. The van der Waals surface area contributed by atoms with Crippen LogP contribution in [0.15, 0.2) is 42.5 Å². The number of nitrogens with one attached hydrogen (secondary N) is 1. The van der Waals surface area contributed by atoms with E-state index in [9.17, 15) is 18.0 Å². The van der Waals surface area contributed by atoms with Gasteiger partial charge in [0.25, 0.3) is 0 Å². The van der Waals surface area contributed by atoms with Crippen molar-refractivity contribution in [3.63, 3.8) is 0 Å². The largest absolute Gasteiger partial charge is 0.409 e. The molecule has 0 bridgehead atoms. The molecule has 1 saturated heterocycles. The van der Waals surface area contributed by atoms with E-state index in [2.05, 4.69) is 5.43 Å². The summed E-state index contributed by atoms with van der Waals surface area (Å²) in [6.07, 6.45) is -4.50. The number of benzene rings is 2. The van der Waals surface area contributed by atoms with Gasteiger partial charge in [0.05, 0.1) is 5.41 Å². The van der Waals surface area contributed by atoms with Crippen LogP contribution in [0.5, 0.6) is 0 Å². The molecule has 2 aromatic rings. The molecular weight excluding hydrogens is 305 g/mol. The van der Waals surface area contributed by atoms with Gasteiger partial charge in [-0.05, 0) is 30.2 Å². The van der Waals surface area contributed by atoms with Gasteiger partial charge in [0.1, 0.15) is 0 Å².